The number of aliphatic hydroxyl groups excluding tert-OH is 1. The van der Waals surface area contributed by atoms with Crippen molar-refractivity contribution in [3.63, 3.8) is 0 Å². The van der Waals surface area contributed by atoms with Gasteiger partial charge in [-0.15, -0.1) is 0 Å². The molecule has 3 nitrogen and oxygen atoms in total. The molecule has 0 heterocycles. The Morgan fingerprint density at radius 1 is 1.00 bits per heavy atom. The second-order valence-corrected chi connectivity index (χ2v) is 6.52. The zero-order valence-corrected chi connectivity index (χ0v) is 11.1. The van der Waals surface area contributed by atoms with Crippen LogP contribution < -0.4 is 5.32 Å². The molecule has 0 radical (unpaired) electrons. The fourth-order valence-electron chi connectivity index (χ4n) is 4.35. The maximum absolute atomic E-state index is 12.1. The SMILES string of the molecule is O=C(NCC1CCCCC1CO)C1C2CCCC21. The van der Waals surface area contributed by atoms with E-state index in [4.69, 9.17) is 0 Å². The van der Waals surface area contributed by atoms with Gasteiger partial charge < -0.3 is 10.4 Å². The average molecular weight is 251 g/mol. The molecule has 102 valence electrons. The number of hydrogen-bond donors (Lipinski definition) is 2. The van der Waals surface area contributed by atoms with Gasteiger partial charge in [0.2, 0.25) is 5.91 Å². The Hall–Kier alpha value is -0.570. The Bertz CT molecular complexity index is 308. The highest BCUT2D eigenvalue weighted by Crippen LogP contribution is 2.57. The van der Waals surface area contributed by atoms with Crippen LogP contribution in [0.15, 0.2) is 0 Å². The van der Waals surface area contributed by atoms with Crippen molar-refractivity contribution in [2.75, 3.05) is 13.2 Å². The van der Waals surface area contributed by atoms with Gasteiger partial charge in [0.05, 0.1) is 0 Å². The van der Waals surface area contributed by atoms with Crippen LogP contribution in [0.5, 0.6) is 0 Å². The van der Waals surface area contributed by atoms with Crippen LogP contribution in [0, 0.1) is 29.6 Å². The lowest BCUT2D eigenvalue weighted by Crippen LogP contribution is -2.36. The Balaban J connectivity index is 1.44. The molecule has 0 bridgehead atoms. The molecule has 3 saturated carbocycles. The first-order valence-electron chi connectivity index (χ1n) is 7.70. The molecule has 3 aliphatic carbocycles. The van der Waals surface area contributed by atoms with Crippen LogP contribution in [0.25, 0.3) is 0 Å². The van der Waals surface area contributed by atoms with Gasteiger partial charge in [-0.2, -0.15) is 0 Å². The summed E-state index contributed by atoms with van der Waals surface area (Å²) in [5, 5.41) is 12.5. The zero-order chi connectivity index (χ0) is 12.5. The molecule has 4 atom stereocenters. The van der Waals surface area contributed by atoms with E-state index in [0.29, 0.717) is 35.5 Å². The summed E-state index contributed by atoms with van der Waals surface area (Å²) in [6.45, 7) is 1.08. The molecule has 0 aromatic rings. The second-order valence-electron chi connectivity index (χ2n) is 6.52. The van der Waals surface area contributed by atoms with E-state index in [1.165, 1.54) is 38.5 Å². The lowest BCUT2D eigenvalue weighted by atomic mass is 9.79. The molecule has 0 aliphatic heterocycles. The van der Waals surface area contributed by atoms with E-state index in [1.807, 2.05) is 0 Å². The fraction of sp³-hybridized carbons (Fsp3) is 0.933. The number of rotatable bonds is 4. The van der Waals surface area contributed by atoms with Crippen molar-refractivity contribution in [1.82, 2.24) is 5.32 Å². The van der Waals surface area contributed by atoms with Gasteiger partial charge in [0.25, 0.3) is 0 Å². The van der Waals surface area contributed by atoms with Crippen LogP contribution in [0.2, 0.25) is 0 Å². The normalized spacial score (nSPS) is 42.4. The van der Waals surface area contributed by atoms with E-state index in [0.717, 1.165) is 13.0 Å². The predicted molar refractivity (Wildman–Crippen MR) is 69.9 cm³/mol. The number of carbonyl (C=O) groups excluding carboxylic acids is 1. The number of fused-ring (bicyclic) bond motifs is 1. The fourth-order valence-corrected chi connectivity index (χ4v) is 4.35. The molecule has 3 fully saturated rings. The predicted octanol–water partition coefficient (Wildman–Crippen LogP) is 1.95. The van der Waals surface area contributed by atoms with Crippen molar-refractivity contribution in [2.24, 2.45) is 29.6 Å². The van der Waals surface area contributed by atoms with E-state index >= 15 is 0 Å². The first kappa shape index (κ1) is 12.5. The Kier molecular flexibility index (Phi) is 3.60. The van der Waals surface area contributed by atoms with Gasteiger partial charge in [-0.05, 0) is 49.4 Å². The highest BCUT2D eigenvalue weighted by molar-refractivity contribution is 5.82. The summed E-state index contributed by atoms with van der Waals surface area (Å²) < 4.78 is 0. The Morgan fingerprint density at radius 2 is 1.67 bits per heavy atom. The van der Waals surface area contributed by atoms with Crippen molar-refractivity contribution >= 4 is 5.91 Å². The van der Waals surface area contributed by atoms with Gasteiger partial charge in [0.1, 0.15) is 0 Å². The summed E-state index contributed by atoms with van der Waals surface area (Å²) >= 11 is 0. The summed E-state index contributed by atoms with van der Waals surface area (Å²) in [4.78, 5) is 12.1. The summed E-state index contributed by atoms with van der Waals surface area (Å²) in [7, 11) is 0. The third-order valence-corrected chi connectivity index (χ3v) is 5.55. The van der Waals surface area contributed by atoms with Gasteiger partial charge in [0.15, 0.2) is 0 Å². The monoisotopic (exact) mass is 251 g/mol. The summed E-state index contributed by atoms with van der Waals surface area (Å²) in [6, 6.07) is 0. The molecular formula is C15H25NO2. The third kappa shape index (κ3) is 2.29. The number of nitrogens with one attached hydrogen (secondary N) is 1. The number of carbonyl (C=O) groups is 1. The molecule has 3 rings (SSSR count). The summed E-state index contributed by atoms with van der Waals surface area (Å²) in [5.41, 5.74) is 0. The minimum absolute atomic E-state index is 0.287. The molecule has 0 saturated heterocycles. The first-order chi connectivity index (χ1) is 8.81. The van der Waals surface area contributed by atoms with E-state index < -0.39 is 0 Å². The molecule has 3 heteroatoms. The lowest BCUT2D eigenvalue weighted by molar-refractivity contribution is -0.123. The number of aliphatic hydroxyl groups is 1. The molecule has 2 N–H and O–H groups in total. The topological polar surface area (TPSA) is 49.3 Å². The van der Waals surface area contributed by atoms with Gasteiger partial charge in [0, 0.05) is 19.1 Å². The highest BCUT2D eigenvalue weighted by atomic mass is 16.3. The molecule has 0 aromatic heterocycles. The van der Waals surface area contributed by atoms with Crippen molar-refractivity contribution in [3.8, 4) is 0 Å². The number of hydrogen-bond acceptors (Lipinski definition) is 2. The summed E-state index contributed by atoms with van der Waals surface area (Å²) in [5.74, 6) is 2.99. The first-order valence-corrected chi connectivity index (χ1v) is 7.70. The quantitative estimate of drug-likeness (QED) is 0.802. The molecule has 0 aromatic carbocycles. The minimum atomic E-state index is 0.287. The van der Waals surface area contributed by atoms with Gasteiger partial charge in [-0.3, -0.25) is 4.79 Å². The van der Waals surface area contributed by atoms with Crippen LogP contribution in [-0.2, 0) is 4.79 Å². The van der Waals surface area contributed by atoms with E-state index in [1.54, 1.807) is 0 Å². The van der Waals surface area contributed by atoms with Gasteiger partial charge >= 0.3 is 0 Å². The molecule has 3 aliphatic rings. The van der Waals surface area contributed by atoms with Crippen molar-refractivity contribution < 1.29 is 9.90 Å². The maximum atomic E-state index is 12.1. The number of amides is 1. The molecular weight excluding hydrogens is 226 g/mol. The highest BCUT2D eigenvalue weighted by Gasteiger charge is 2.56. The van der Waals surface area contributed by atoms with Crippen LogP contribution in [0.3, 0.4) is 0 Å². The largest absolute Gasteiger partial charge is 0.396 e. The maximum Gasteiger partial charge on any atom is 0.223 e. The van der Waals surface area contributed by atoms with Crippen LogP contribution in [0.1, 0.15) is 44.9 Å². The summed E-state index contributed by atoms with van der Waals surface area (Å²) in [6.07, 6.45) is 8.66. The average Bonchev–Trinajstić information content (AvgIpc) is 2.89. The van der Waals surface area contributed by atoms with Gasteiger partial charge in [-0.25, -0.2) is 0 Å². The third-order valence-electron chi connectivity index (χ3n) is 5.55. The molecule has 4 unspecified atom stereocenters. The van der Waals surface area contributed by atoms with Crippen LogP contribution >= 0.6 is 0 Å². The van der Waals surface area contributed by atoms with Crippen molar-refractivity contribution in [1.29, 1.82) is 0 Å². The Morgan fingerprint density at radius 3 is 2.33 bits per heavy atom. The molecule has 1 amide bonds. The van der Waals surface area contributed by atoms with E-state index in [-0.39, 0.29) is 6.61 Å². The van der Waals surface area contributed by atoms with Crippen LogP contribution in [0.4, 0.5) is 0 Å². The second kappa shape index (κ2) is 5.20. The molecule has 0 spiro atoms. The van der Waals surface area contributed by atoms with Gasteiger partial charge in [-0.1, -0.05) is 19.3 Å². The minimum Gasteiger partial charge on any atom is -0.396 e. The van der Waals surface area contributed by atoms with Crippen LogP contribution in [-0.4, -0.2) is 24.2 Å². The Labute approximate surface area is 109 Å². The zero-order valence-electron chi connectivity index (χ0n) is 11.1. The van der Waals surface area contributed by atoms with Crippen molar-refractivity contribution in [3.05, 3.63) is 0 Å². The van der Waals surface area contributed by atoms with E-state index in [9.17, 15) is 9.90 Å². The smallest absolute Gasteiger partial charge is 0.223 e. The lowest BCUT2D eigenvalue weighted by Gasteiger charge is -2.30. The molecule has 18 heavy (non-hydrogen) atoms. The van der Waals surface area contributed by atoms with E-state index in [2.05, 4.69) is 5.32 Å². The van der Waals surface area contributed by atoms with Crippen molar-refractivity contribution in [2.45, 2.75) is 44.9 Å². The standard InChI is InChI=1S/C15H25NO2/c17-9-11-5-2-1-4-10(11)8-16-15(18)14-12-6-3-7-13(12)14/h10-14,17H,1-9H2,(H,16,18).